The predicted molar refractivity (Wildman–Crippen MR) is 95.7 cm³/mol. The van der Waals surface area contributed by atoms with Gasteiger partial charge < -0.3 is 5.32 Å². The van der Waals surface area contributed by atoms with Crippen molar-refractivity contribution in [2.24, 2.45) is 0 Å². The summed E-state index contributed by atoms with van der Waals surface area (Å²) in [5.74, 6) is 0.124. The highest BCUT2D eigenvalue weighted by Gasteiger charge is 2.05. The zero-order valence-electron chi connectivity index (χ0n) is 12.2. The Morgan fingerprint density at radius 1 is 1.04 bits per heavy atom. The second kappa shape index (κ2) is 7.72. The summed E-state index contributed by atoms with van der Waals surface area (Å²) in [5.41, 5.74) is 1.05. The molecule has 0 spiro atoms. The van der Waals surface area contributed by atoms with E-state index >= 15 is 0 Å². The number of rotatable bonds is 6. The molecule has 0 atom stereocenters. The molecule has 0 aliphatic heterocycles. The molecule has 0 unspecified atom stereocenters. The quantitative estimate of drug-likeness (QED) is 0.764. The molecular weight excluding hydrogens is 356 g/mol. The number of nitrogens with one attached hydrogen (secondary N) is 2. The van der Waals surface area contributed by atoms with Crippen molar-refractivity contribution in [3.05, 3.63) is 53.6 Å². The van der Waals surface area contributed by atoms with Crippen molar-refractivity contribution in [3.8, 4) is 0 Å². The summed E-state index contributed by atoms with van der Waals surface area (Å²) in [6, 6.07) is 13.7. The molecule has 1 amide bonds. The first-order valence-corrected chi connectivity index (χ1v) is 9.83. The van der Waals surface area contributed by atoms with E-state index in [1.165, 1.54) is 11.8 Å². The Balaban J connectivity index is 1.86. The van der Waals surface area contributed by atoms with Crippen molar-refractivity contribution in [1.82, 2.24) is 0 Å². The molecule has 0 radical (unpaired) electrons. The van der Waals surface area contributed by atoms with Crippen LogP contribution >= 0.6 is 23.4 Å². The van der Waals surface area contributed by atoms with Gasteiger partial charge in [0.15, 0.2) is 0 Å². The monoisotopic (exact) mass is 370 g/mol. The van der Waals surface area contributed by atoms with E-state index in [0.717, 1.165) is 11.2 Å². The molecule has 2 aromatic carbocycles. The van der Waals surface area contributed by atoms with Crippen LogP contribution in [0.25, 0.3) is 0 Å². The molecule has 0 bridgehead atoms. The summed E-state index contributed by atoms with van der Waals surface area (Å²) in [6.07, 6.45) is 1.08. The third-order valence-corrected chi connectivity index (χ3v) is 4.53. The van der Waals surface area contributed by atoms with Crippen LogP contribution in [0.15, 0.2) is 53.4 Å². The van der Waals surface area contributed by atoms with E-state index < -0.39 is 10.0 Å². The lowest BCUT2D eigenvalue weighted by Crippen LogP contribution is -2.14. The van der Waals surface area contributed by atoms with Crippen molar-refractivity contribution in [3.63, 3.8) is 0 Å². The molecule has 5 nitrogen and oxygen atoms in total. The lowest BCUT2D eigenvalue weighted by Gasteiger charge is -2.07. The van der Waals surface area contributed by atoms with Crippen LogP contribution < -0.4 is 10.0 Å². The second-order valence-electron chi connectivity index (χ2n) is 4.74. The van der Waals surface area contributed by atoms with E-state index in [0.29, 0.717) is 16.4 Å². The summed E-state index contributed by atoms with van der Waals surface area (Å²) in [5, 5.41) is 3.40. The number of thioether (sulfide) groups is 1. The number of amides is 1. The number of carbonyl (C=O) groups is 1. The molecule has 23 heavy (non-hydrogen) atoms. The van der Waals surface area contributed by atoms with Gasteiger partial charge in [-0.1, -0.05) is 11.6 Å². The minimum absolute atomic E-state index is 0.145. The molecule has 0 heterocycles. The van der Waals surface area contributed by atoms with Crippen LogP contribution in [-0.4, -0.2) is 26.3 Å². The Labute approximate surface area is 144 Å². The van der Waals surface area contributed by atoms with Crippen LogP contribution in [-0.2, 0) is 14.8 Å². The van der Waals surface area contributed by atoms with Gasteiger partial charge in [0, 0.05) is 21.3 Å². The standard InChI is InChI=1S/C15H15ClN2O3S2/c1-23(20,21)18-13-6-4-12(5-7-13)17-15(19)10-22-14-8-2-11(16)3-9-14/h2-9,18H,10H2,1H3,(H,17,19). The Kier molecular flexibility index (Phi) is 5.92. The van der Waals surface area contributed by atoms with Crippen LogP contribution in [0.3, 0.4) is 0 Å². The van der Waals surface area contributed by atoms with E-state index in [1.54, 1.807) is 36.4 Å². The van der Waals surface area contributed by atoms with Crippen LogP contribution in [0.5, 0.6) is 0 Å². The van der Waals surface area contributed by atoms with Gasteiger partial charge in [-0.2, -0.15) is 0 Å². The van der Waals surface area contributed by atoms with Crippen molar-refractivity contribution >= 4 is 50.7 Å². The van der Waals surface area contributed by atoms with Gasteiger partial charge in [0.2, 0.25) is 15.9 Å². The average molecular weight is 371 g/mol. The Morgan fingerprint density at radius 2 is 1.61 bits per heavy atom. The smallest absolute Gasteiger partial charge is 0.234 e. The molecule has 0 fully saturated rings. The van der Waals surface area contributed by atoms with E-state index in [-0.39, 0.29) is 11.7 Å². The summed E-state index contributed by atoms with van der Waals surface area (Å²) < 4.78 is 24.6. The molecule has 2 N–H and O–H groups in total. The van der Waals surface area contributed by atoms with Crippen LogP contribution in [0, 0.1) is 0 Å². The van der Waals surface area contributed by atoms with Gasteiger partial charge >= 0.3 is 0 Å². The Bertz CT molecular complexity index is 775. The first-order chi connectivity index (χ1) is 10.8. The Morgan fingerprint density at radius 3 is 2.17 bits per heavy atom. The number of sulfonamides is 1. The highest BCUT2D eigenvalue weighted by atomic mass is 35.5. The van der Waals surface area contributed by atoms with Crippen LogP contribution in [0.2, 0.25) is 5.02 Å². The van der Waals surface area contributed by atoms with E-state index in [2.05, 4.69) is 10.0 Å². The predicted octanol–water partition coefficient (Wildman–Crippen LogP) is 3.44. The van der Waals surface area contributed by atoms with E-state index in [9.17, 15) is 13.2 Å². The first kappa shape index (κ1) is 17.7. The molecule has 0 aliphatic carbocycles. The van der Waals surface area contributed by atoms with Crippen molar-refractivity contribution < 1.29 is 13.2 Å². The average Bonchev–Trinajstić information content (AvgIpc) is 2.47. The van der Waals surface area contributed by atoms with E-state index in [4.69, 9.17) is 11.6 Å². The first-order valence-electron chi connectivity index (χ1n) is 6.58. The van der Waals surface area contributed by atoms with Crippen molar-refractivity contribution in [2.75, 3.05) is 22.0 Å². The summed E-state index contributed by atoms with van der Waals surface area (Å²) in [4.78, 5) is 12.9. The second-order valence-corrected chi connectivity index (χ2v) is 7.98. The van der Waals surface area contributed by atoms with Gasteiger partial charge in [0.25, 0.3) is 0 Å². The molecule has 0 saturated carbocycles. The molecule has 2 rings (SSSR count). The van der Waals surface area contributed by atoms with Gasteiger partial charge in [-0.15, -0.1) is 11.8 Å². The third kappa shape index (κ3) is 6.52. The fourth-order valence-electron chi connectivity index (χ4n) is 1.71. The lowest BCUT2D eigenvalue weighted by atomic mass is 10.3. The molecule has 122 valence electrons. The van der Waals surface area contributed by atoms with Gasteiger partial charge in [-0.25, -0.2) is 8.42 Å². The maximum absolute atomic E-state index is 11.9. The number of hydrogen-bond donors (Lipinski definition) is 2. The highest BCUT2D eigenvalue weighted by molar-refractivity contribution is 8.00. The molecule has 0 aliphatic rings. The van der Waals surface area contributed by atoms with Crippen LogP contribution in [0.4, 0.5) is 11.4 Å². The molecule has 0 saturated heterocycles. The molecular formula is C15H15ClN2O3S2. The van der Waals surface area contributed by atoms with Gasteiger partial charge in [-0.3, -0.25) is 9.52 Å². The third-order valence-electron chi connectivity index (χ3n) is 2.66. The fourth-order valence-corrected chi connectivity index (χ4v) is 3.10. The van der Waals surface area contributed by atoms with Crippen molar-refractivity contribution in [1.29, 1.82) is 0 Å². The largest absolute Gasteiger partial charge is 0.325 e. The highest BCUT2D eigenvalue weighted by Crippen LogP contribution is 2.21. The summed E-state index contributed by atoms with van der Waals surface area (Å²) in [6.45, 7) is 0. The maximum Gasteiger partial charge on any atom is 0.234 e. The minimum Gasteiger partial charge on any atom is -0.325 e. The maximum atomic E-state index is 11.9. The lowest BCUT2D eigenvalue weighted by molar-refractivity contribution is -0.113. The minimum atomic E-state index is -3.31. The summed E-state index contributed by atoms with van der Waals surface area (Å²) >= 11 is 7.21. The van der Waals surface area contributed by atoms with Gasteiger partial charge in [-0.05, 0) is 48.5 Å². The number of carbonyl (C=O) groups excluding carboxylic acids is 1. The SMILES string of the molecule is CS(=O)(=O)Nc1ccc(NC(=O)CSc2ccc(Cl)cc2)cc1. The van der Waals surface area contributed by atoms with Gasteiger partial charge in [0.05, 0.1) is 12.0 Å². The Hall–Kier alpha value is -1.70. The zero-order valence-corrected chi connectivity index (χ0v) is 14.6. The van der Waals surface area contributed by atoms with Gasteiger partial charge in [0.1, 0.15) is 0 Å². The molecule has 0 aromatic heterocycles. The molecule has 2 aromatic rings. The topological polar surface area (TPSA) is 75.3 Å². The number of benzene rings is 2. The number of halogens is 1. The fraction of sp³-hybridized carbons (Fsp3) is 0.133. The normalized spacial score (nSPS) is 11.0. The zero-order chi connectivity index (χ0) is 16.9. The molecule has 8 heteroatoms. The number of hydrogen-bond acceptors (Lipinski definition) is 4. The van der Waals surface area contributed by atoms with E-state index in [1.807, 2.05) is 12.1 Å². The number of anilines is 2. The van der Waals surface area contributed by atoms with Crippen molar-refractivity contribution in [2.45, 2.75) is 4.90 Å². The summed E-state index contributed by atoms with van der Waals surface area (Å²) in [7, 11) is -3.31. The van der Waals surface area contributed by atoms with Crippen LogP contribution in [0.1, 0.15) is 0 Å².